The number of nitrogens with zero attached hydrogens (tertiary/aromatic N) is 1. The van der Waals surface area contributed by atoms with Crippen LogP contribution < -0.4 is 11.2 Å². The van der Waals surface area contributed by atoms with Crippen LogP contribution in [-0.4, -0.2) is 14.7 Å². The zero-order valence-electron chi connectivity index (χ0n) is 11.5. The summed E-state index contributed by atoms with van der Waals surface area (Å²) < 4.78 is 1.26. The van der Waals surface area contributed by atoms with Crippen LogP contribution in [0, 0.1) is 5.92 Å². The van der Waals surface area contributed by atoms with Crippen LogP contribution in [0.3, 0.4) is 0 Å². The molecule has 1 aromatic carbocycles. The van der Waals surface area contributed by atoms with E-state index in [1.807, 2.05) is 6.92 Å². The van der Waals surface area contributed by atoms with Crippen molar-refractivity contribution in [2.24, 2.45) is 5.92 Å². The Bertz CT molecular complexity index is 805. The second-order valence-electron chi connectivity index (χ2n) is 5.42. The molecule has 1 unspecified atom stereocenters. The monoisotopic (exact) mass is 306 g/mol. The molecule has 110 valence electrons. The highest BCUT2D eigenvalue weighted by molar-refractivity contribution is 6.30. The van der Waals surface area contributed by atoms with E-state index in [4.69, 9.17) is 11.6 Å². The van der Waals surface area contributed by atoms with E-state index in [1.165, 1.54) is 4.57 Å². The number of hydrogen-bond acceptors (Lipinski definition) is 3. The highest BCUT2D eigenvalue weighted by Crippen LogP contribution is 2.41. The lowest BCUT2D eigenvalue weighted by molar-refractivity contribution is 0.356. The van der Waals surface area contributed by atoms with E-state index in [0.717, 1.165) is 12.8 Å². The SMILES string of the molecule is CC(C1CC1)n1c(O)c(-c2cccc(Cl)c2)c(=O)[nH]c1=O. The molecule has 1 saturated carbocycles. The minimum absolute atomic E-state index is 0.0737. The Morgan fingerprint density at radius 1 is 1.38 bits per heavy atom. The third-order valence-corrected chi connectivity index (χ3v) is 4.18. The van der Waals surface area contributed by atoms with E-state index in [-0.39, 0.29) is 17.5 Å². The van der Waals surface area contributed by atoms with Gasteiger partial charge >= 0.3 is 5.69 Å². The maximum Gasteiger partial charge on any atom is 0.331 e. The summed E-state index contributed by atoms with van der Waals surface area (Å²) >= 11 is 5.93. The Morgan fingerprint density at radius 2 is 2.10 bits per heavy atom. The fourth-order valence-electron chi connectivity index (χ4n) is 2.61. The molecule has 0 amide bonds. The van der Waals surface area contributed by atoms with Crippen LogP contribution in [0.15, 0.2) is 33.9 Å². The fourth-order valence-corrected chi connectivity index (χ4v) is 2.80. The predicted octanol–water partition coefficient (Wildman–Crippen LogP) is 2.53. The van der Waals surface area contributed by atoms with Crippen molar-refractivity contribution in [3.63, 3.8) is 0 Å². The second kappa shape index (κ2) is 5.07. The quantitative estimate of drug-likeness (QED) is 0.915. The van der Waals surface area contributed by atoms with Gasteiger partial charge in [-0.15, -0.1) is 0 Å². The number of halogens is 1. The summed E-state index contributed by atoms with van der Waals surface area (Å²) in [6.45, 7) is 1.87. The van der Waals surface area contributed by atoms with Crippen molar-refractivity contribution in [2.75, 3.05) is 0 Å². The molecule has 0 aliphatic heterocycles. The molecule has 0 radical (unpaired) electrons. The van der Waals surface area contributed by atoms with Gasteiger partial charge in [-0.2, -0.15) is 0 Å². The normalized spacial score (nSPS) is 15.9. The summed E-state index contributed by atoms with van der Waals surface area (Å²) in [6, 6.07) is 6.48. The number of nitrogens with one attached hydrogen (secondary N) is 1. The lowest BCUT2D eigenvalue weighted by Gasteiger charge is -2.17. The van der Waals surface area contributed by atoms with Gasteiger partial charge in [0.1, 0.15) is 5.56 Å². The van der Waals surface area contributed by atoms with Crippen molar-refractivity contribution in [3.8, 4) is 17.0 Å². The van der Waals surface area contributed by atoms with Gasteiger partial charge in [0.2, 0.25) is 5.88 Å². The van der Waals surface area contributed by atoms with E-state index in [2.05, 4.69) is 4.98 Å². The number of benzene rings is 1. The van der Waals surface area contributed by atoms with Crippen molar-refractivity contribution in [2.45, 2.75) is 25.8 Å². The molecule has 21 heavy (non-hydrogen) atoms. The zero-order valence-corrected chi connectivity index (χ0v) is 12.2. The Labute approximate surface area is 125 Å². The topological polar surface area (TPSA) is 75.1 Å². The Kier molecular flexibility index (Phi) is 3.37. The molecule has 3 rings (SSSR count). The Morgan fingerprint density at radius 3 is 2.71 bits per heavy atom. The number of rotatable bonds is 3. The summed E-state index contributed by atoms with van der Waals surface area (Å²) in [4.78, 5) is 26.3. The number of aromatic nitrogens is 2. The van der Waals surface area contributed by atoms with E-state index in [0.29, 0.717) is 16.5 Å². The summed E-state index contributed by atoms with van der Waals surface area (Å²) in [5.41, 5.74) is -0.635. The smallest absolute Gasteiger partial charge is 0.331 e. The molecule has 1 aliphatic carbocycles. The number of aromatic hydroxyl groups is 1. The highest BCUT2D eigenvalue weighted by atomic mass is 35.5. The number of H-pyrrole nitrogens is 1. The molecule has 5 nitrogen and oxygen atoms in total. The van der Waals surface area contributed by atoms with Crippen molar-refractivity contribution in [1.82, 2.24) is 9.55 Å². The molecule has 1 heterocycles. The molecular weight excluding hydrogens is 292 g/mol. The van der Waals surface area contributed by atoms with Gasteiger partial charge in [-0.05, 0) is 43.4 Å². The summed E-state index contributed by atoms with van der Waals surface area (Å²) in [5, 5.41) is 10.9. The van der Waals surface area contributed by atoms with Gasteiger partial charge < -0.3 is 5.11 Å². The molecule has 6 heteroatoms. The molecule has 1 atom stereocenters. The van der Waals surface area contributed by atoms with Gasteiger partial charge in [-0.3, -0.25) is 14.3 Å². The maximum atomic E-state index is 12.1. The van der Waals surface area contributed by atoms with Crippen LogP contribution in [-0.2, 0) is 0 Å². The largest absolute Gasteiger partial charge is 0.494 e. The van der Waals surface area contributed by atoms with Crippen molar-refractivity contribution < 1.29 is 5.11 Å². The van der Waals surface area contributed by atoms with Crippen molar-refractivity contribution >= 4 is 11.6 Å². The summed E-state index contributed by atoms with van der Waals surface area (Å²) in [5.74, 6) is 0.0668. The minimum atomic E-state index is -0.612. The Balaban J connectivity index is 2.23. The van der Waals surface area contributed by atoms with Crippen molar-refractivity contribution in [3.05, 3.63) is 50.1 Å². The van der Waals surface area contributed by atoms with Gasteiger partial charge in [0.15, 0.2) is 0 Å². The van der Waals surface area contributed by atoms with Crippen LogP contribution in [0.1, 0.15) is 25.8 Å². The van der Waals surface area contributed by atoms with E-state index >= 15 is 0 Å². The van der Waals surface area contributed by atoms with Crippen LogP contribution in [0.2, 0.25) is 5.02 Å². The lowest BCUT2D eigenvalue weighted by atomic mass is 10.1. The van der Waals surface area contributed by atoms with Gasteiger partial charge in [0, 0.05) is 11.1 Å². The molecule has 1 fully saturated rings. The minimum Gasteiger partial charge on any atom is -0.494 e. The summed E-state index contributed by atoms with van der Waals surface area (Å²) in [6.07, 6.45) is 2.05. The highest BCUT2D eigenvalue weighted by Gasteiger charge is 2.32. The number of hydrogen-bond donors (Lipinski definition) is 2. The first-order valence-corrected chi connectivity index (χ1v) is 7.20. The predicted molar refractivity (Wildman–Crippen MR) is 80.9 cm³/mol. The lowest BCUT2D eigenvalue weighted by Crippen LogP contribution is -2.33. The molecule has 0 spiro atoms. The van der Waals surface area contributed by atoms with Gasteiger partial charge in [-0.1, -0.05) is 23.7 Å². The average Bonchev–Trinajstić information content (AvgIpc) is 3.22. The van der Waals surface area contributed by atoms with E-state index < -0.39 is 11.2 Å². The standard InChI is InChI=1S/C15H15ClN2O3/c1-8(9-5-6-9)18-14(20)12(13(19)17-15(18)21)10-3-2-4-11(16)7-10/h2-4,7-9,20H,5-6H2,1H3,(H,17,19,21). The van der Waals surface area contributed by atoms with Gasteiger partial charge in [0.05, 0.1) is 0 Å². The molecule has 0 saturated heterocycles. The van der Waals surface area contributed by atoms with E-state index in [1.54, 1.807) is 24.3 Å². The average molecular weight is 307 g/mol. The third-order valence-electron chi connectivity index (χ3n) is 3.94. The van der Waals surface area contributed by atoms with Crippen LogP contribution in [0.4, 0.5) is 0 Å². The molecule has 0 bridgehead atoms. The fraction of sp³-hybridized carbons (Fsp3) is 0.333. The maximum absolute atomic E-state index is 12.1. The second-order valence-corrected chi connectivity index (χ2v) is 5.85. The molecule has 1 aromatic heterocycles. The molecule has 1 aliphatic rings. The molecule has 2 aromatic rings. The van der Waals surface area contributed by atoms with Crippen LogP contribution >= 0.6 is 11.6 Å². The Hall–Kier alpha value is -2.01. The van der Waals surface area contributed by atoms with E-state index in [9.17, 15) is 14.7 Å². The van der Waals surface area contributed by atoms with Crippen LogP contribution in [0.25, 0.3) is 11.1 Å². The third kappa shape index (κ3) is 2.49. The summed E-state index contributed by atoms with van der Waals surface area (Å²) in [7, 11) is 0. The molecular formula is C15H15ClN2O3. The first-order valence-electron chi connectivity index (χ1n) is 6.82. The van der Waals surface area contributed by atoms with Crippen molar-refractivity contribution in [1.29, 1.82) is 0 Å². The first-order chi connectivity index (χ1) is 9.99. The van der Waals surface area contributed by atoms with Crippen LogP contribution in [0.5, 0.6) is 5.88 Å². The first kappa shape index (κ1) is 13.9. The van der Waals surface area contributed by atoms with Gasteiger partial charge in [0.25, 0.3) is 5.56 Å². The number of aromatic amines is 1. The zero-order chi connectivity index (χ0) is 15.1. The van der Waals surface area contributed by atoms with Gasteiger partial charge in [-0.25, -0.2) is 4.79 Å². The molecule has 2 N–H and O–H groups in total.